The standard InChI is InChI=1S/C6H4O4/c1-3-4(5(7)8)2-10-6(3)9/h2H,1H2,(H,7,8). The Hall–Kier alpha value is -1.58. The Morgan fingerprint density at radius 1 is 1.70 bits per heavy atom. The summed E-state index contributed by atoms with van der Waals surface area (Å²) in [4.78, 5) is 20.6. The van der Waals surface area contributed by atoms with Crippen LogP contribution in [-0.4, -0.2) is 17.0 Å². The Labute approximate surface area is 56.4 Å². The molecule has 0 aromatic rings. The number of hydrogen-bond acceptors (Lipinski definition) is 3. The second-order valence-corrected chi connectivity index (χ2v) is 1.72. The SMILES string of the molecule is C=C1C(=O)OC=C1C(=O)O. The largest absolute Gasteiger partial charge is 0.478 e. The zero-order chi connectivity index (χ0) is 7.72. The van der Waals surface area contributed by atoms with Crippen LogP contribution in [0.15, 0.2) is 24.0 Å². The lowest BCUT2D eigenvalue weighted by atomic mass is 10.1. The second-order valence-electron chi connectivity index (χ2n) is 1.72. The van der Waals surface area contributed by atoms with Crippen LogP contribution >= 0.6 is 0 Å². The number of cyclic esters (lactones) is 1. The first kappa shape index (κ1) is 6.54. The lowest BCUT2D eigenvalue weighted by molar-refractivity contribution is -0.133. The molecule has 52 valence electrons. The summed E-state index contributed by atoms with van der Waals surface area (Å²) in [6, 6.07) is 0. The van der Waals surface area contributed by atoms with Gasteiger partial charge in [0.1, 0.15) is 11.8 Å². The molecule has 0 saturated heterocycles. The number of hydrogen-bond donors (Lipinski definition) is 1. The molecule has 0 aliphatic carbocycles. The molecule has 0 amide bonds. The first-order valence-electron chi connectivity index (χ1n) is 2.46. The lowest BCUT2D eigenvalue weighted by Crippen LogP contribution is -2.03. The molecular formula is C6H4O4. The number of carbonyl (C=O) groups excluding carboxylic acids is 1. The van der Waals surface area contributed by atoms with E-state index in [1.165, 1.54) is 0 Å². The second kappa shape index (κ2) is 1.98. The Morgan fingerprint density at radius 2 is 2.30 bits per heavy atom. The number of rotatable bonds is 1. The lowest BCUT2D eigenvalue weighted by Gasteiger charge is -1.88. The highest BCUT2D eigenvalue weighted by molar-refractivity contribution is 6.08. The van der Waals surface area contributed by atoms with Crippen LogP contribution in [0.2, 0.25) is 0 Å². The van der Waals surface area contributed by atoms with Gasteiger partial charge in [0.15, 0.2) is 0 Å². The molecule has 0 unspecified atom stereocenters. The summed E-state index contributed by atoms with van der Waals surface area (Å²) in [5.74, 6) is -1.90. The average Bonchev–Trinajstić information content (AvgIpc) is 2.14. The van der Waals surface area contributed by atoms with Crippen molar-refractivity contribution in [1.29, 1.82) is 0 Å². The summed E-state index contributed by atoms with van der Waals surface area (Å²) in [6.07, 6.45) is 0.882. The van der Waals surface area contributed by atoms with E-state index in [9.17, 15) is 9.59 Å². The zero-order valence-corrected chi connectivity index (χ0v) is 4.96. The van der Waals surface area contributed by atoms with Crippen molar-refractivity contribution in [3.63, 3.8) is 0 Å². The smallest absolute Gasteiger partial charge is 0.343 e. The van der Waals surface area contributed by atoms with Crippen molar-refractivity contribution in [3.05, 3.63) is 24.0 Å². The summed E-state index contributed by atoms with van der Waals surface area (Å²) in [6.45, 7) is 3.21. The van der Waals surface area contributed by atoms with Crippen LogP contribution in [0.3, 0.4) is 0 Å². The fourth-order valence-electron chi connectivity index (χ4n) is 0.544. The van der Waals surface area contributed by atoms with Crippen molar-refractivity contribution in [2.45, 2.75) is 0 Å². The monoisotopic (exact) mass is 140 g/mol. The van der Waals surface area contributed by atoms with Gasteiger partial charge in [-0.15, -0.1) is 0 Å². The Balaban J connectivity index is 2.92. The summed E-state index contributed by atoms with van der Waals surface area (Å²) >= 11 is 0. The summed E-state index contributed by atoms with van der Waals surface area (Å²) < 4.78 is 4.26. The molecule has 4 nitrogen and oxygen atoms in total. The van der Waals surface area contributed by atoms with Crippen LogP contribution in [-0.2, 0) is 14.3 Å². The molecule has 1 aliphatic heterocycles. The predicted molar refractivity (Wildman–Crippen MR) is 31.0 cm³/mol. The zero-order valence-electron chi connectivity index (χ0n) is 4.96. The molecule has 0 spiro atoms. The van der Waals surface area contributed by atoms with E-state index in [4.69, 9.17) is 5.11 Å². The van der Waals surface area contributed by atoms with Crippen molar-refractivity contribution < 1.29 is 19.4 Å². The highest BCUT2D eigenvalue weighted by Crippen LogP contribution is 2.16. The topological polar surface area (TPSA) is 63.6 Å². The predicted octanol–water partition coefficient (Wildman–Crippen LogP) is 0.0679. The molecule has 0 radical (unpaired) electrons. The van der Waals surface area contributed by atoms with Gasteiger partial charge < -0.3 is 9.84 Å². The van der Waals surface area contributed by atoms with Crippen molar-refractivity contribution in [2.24, 2.45) is 0 Å². The maximum Gasteiger partial charge on any atom is 0.343 e. The van der Waals surface area contributed by atoms with E-state index >= 15 is 0 Å². The number of aliphatic carboxylic acids is 1. The minimum Gasteiger partial charge on any atom is -0.478 e. The highest BCUT2D eigenvalue weighted by Gasteiger charge is 2.25. The van der Waals surface area contributed by atoms with Gasteiger partial charge in [0, 0.05) is 0 Å². The van der Waals surface area contributed by atoms with Gasteiger partial charge in [-0.1, -0.05) is 6.58 Å². The average molecular weight is 140 g/mol. The third kappa shape index (κ3) is 0.793. The van der Waals surface area contributed by atoms with Crippen LogP contribution in [0, 0.1) is 0 Å². The van der Waals surface area contributed by atoms with Gasteiger partial charge in [0.2, 0.25) is 0 Å². The van der Waals surface area contributed by atoms with Crippen LogP contribution in [0.1, 0.15) is 0 Å². The molecule has 0 fully saturated rings. The molecule has 1 rings (SSSR count). The van der Waals surface area contributed by atoms with Crippen LogP contribution in [0.25, 0.3) is 0 Å². The number of carboxylic acids is 1. The van der Waals surface area contributed by atoms with Crippen molar-refractivity contribution in [2.75, 3.05) is 0 Å². The molecule has 10 heavy (non-hydrogen) atoms. The van der Waals surface area contributed by atoms with Gasteiger partial charge in [0.05, 0.1) is 5.57 Å². The molecule has 4 heteroatoms. The van der Waals surface area contributed by atoms with Crippen LogP contribution in [0.5, 0.6) is 0 Å². The Kier molecular flexibility index (Phi) is 1.30. The summed E-state index contributed by atoms with van der Waals surface area (Å²) in [5.41, 5.74) is -0.280. The fourth-order valence-corrected chi connectivity index (χ4v) is 0.544. The quantitative estimate of drug-likeness (QED) is 0.413. The molecule has 1 heterocycles. The highest BCUT2D eigenvalue weighted by atomic mass is 16.5. The number of ether oxygens (including phenoxy) is 1. The van der Waals surface area contributed by atoms with E-state index < -0.39 is 11.9 Å². The molecule has 1 aliphatic rings. The van der Waals surface area contributed by atoms with Gasteiger partial charge >= 0.3 is 11.9 Å². The van der Waals surface area contributed by atoms with E-state index in [1.54, 1.807) is 0 Å². The molecule has 0 aromatic carbocycles. The molecule has 0 bridgehead atoms. The van der Waals surface area contributed by atoms with Crippen LogP contribution < -0.4 is 0 Å². The molecule has 0 aromatic heterocycles. The van der Waals surface area contributed by atoms with Gasteiger partial charge in [-0.2, -0.15) is 0 Å². The van der Waals surface area contributed by atoms with Gasteiger partial charge in [-0.3, -0.25) is 0 Å². The molecule has 0 saturated carbocycles. The first-order chi connectivity index (χ1) is 4.63. The van der Waals surface area contributed by atoms with Gasteiger partial charge in [0.25, 0.3) is 0 Å². The van der Waals surface area contributed by atoms with E-state index in [0.29, 0.717) is 0 Å². The van der Waals surface area contributed by atoms with E-state index in [-0.39, 0.29) is 11.1 Å². The minimum atomic E-state index is -1.20. The van der Waals surface area contributed by atoms with Crippen molar-refractivity contribution >= 4 is 11.9 Å². The number of esters is 1. The van der Waals surface area contributed by atoms with E-state index in [0.717, 1.165) is 6.26 Å². The van der Waals surface area contributed by atoms with Crippen molar-refractivity contribution in [1.82, 2.24) is 0 Å². The first-order valence-corrected chi connectivity index (χ1v) is 2.46. The molecule has 1 N–H and O–H groups in total. The van der Waals surface area contributed by atoms with Gasteiger partial charge in [-0.05, 0) is 0 Å². The van der Waals surface area contributed by atoms with Crippen molar-refractivity contribution in [3.8, 4) is 0 Å². The summed E-state index contributed by atoms with van der Waals surface area (Å²) in [7, 11) is 0. The fraction of sp³-hybridized carbons (Fsp3) is 0. The minimum absolute atomic E-state index is 0.104. The Morgan fingerprint density at radius 3 is 2.50 bits per heavy atom. The summed E-state index contributed by atoms with van der Waals surface area (Å²) in [5, 5.41) is 8.34. The maximum absolute atomic E-state index is 10.5. The Bertz CT molecular complexity index is 248. The number of carbonyl (C=O) groups is 2. The normalized spacial score (nSPS) is 16.6. The van der Waals surface area contributed by atoms with Gasteiger partial charge in [-0.25, -0.2) is 9.59 Å². The molecule has 0 atom stereocenters. The number of carboxylic acid groups (broad SMARTS) is 1. The van der Waals surface area contributed by atoms with E-state index in [1.807, 2.05) is 0 Å². The van der Waals surface area contributed by atoms with Crippen LogP contribution in [0.4, 0.5) is 0 Å². The molecular weight excluding hydrogens is 136 g/mol. The van der Waals surface area contributed by atoms with E-state index in [2.05, 4.69) is 11.3 Å². The maximum atomic E-state index is 10.5. The third-order valence-electron chi connectivity index (χ3n) is 1.09. The third-order valence-corrected chi connectivity index (χ3v) is 1.09.